The minimum atomic E-state index is -2.56. The Balaban J connectivity index is 2.75. The molecule has 1 rings (SSSR count). The van der Waals surface area contributed by atoms with E-state index in [1.807, 2.05) is 6.92 Å². The number of anilines is 1. The van der Waals surface area contributed by atoms with E-state index in [0.29, 0.717) is 28.8 Å². The number of alkyl halides is 2. The van der Waals surface area contributed by atoms with Gasteiger partial charge in [-0.05, 0) is 25.5 Å². The van der Waals surface area contributed by atoms with Crippen LogP contribution in [0.4, 0.5) is 19.3 Å². The summed E-state index contributed by atoms with van der Waals surface area (Å²) in [7, 11) is 0. The van der Waals surface area contributed by atoms with Crippen molar-refractivity contribution in [2.45, 2.75) is 42.9 Å². The Morgan fingerprint density at radius 3 is 2.67 bits per heavy atom. The number of carbonyl (C=O) groups is 1. The summed E-state index contributed by atoms with van der Waals surface area (Å²) >= 11 is 0.376. The van der Waals surface area contributed by atoms with Crippen molar-refractivity contribution >= 4 is 23.5 Å². The Labute approximate surface area is 127 Å². The summed E-state index contributed by atoms with van der Waals surface area (Å²) < 4.78 is 24.9. The Morgan fingerprint density at radius 1 is 1.43 bits per heavy atom. The first-order chi connectivity index (χ1) is 9.90. The van der Waals surface area contributed by atoms with Crippen LogP contribution in [0.1, 0.15) is 26.7 Å². The van der Waals surface area contributed by atoms with Gasteiger partial charge in [0.1, 0.15) is 0 Å². The summed E-state index contributed by atoms with van der Waals surface area (Å²) in [6.07, 6.45) is 1.42. The third-order valence-corrected chi connectivity index (χ3v) is 3.71. The number of para-hydroxylation sites is 1. The normalized spacial score (nSPS) is 13.8. The lowest BCUT2D eigenvalue weighted by atomic mass is 9.98. The van der Waals surface area contributed by atoms with Crippen LogP contribution in [0.2, 0.25) is 0 Å². The van der Waals surface area contributed by atoms with Crippen LogP contribution >= 0.6 is 11.8 Å². The average Bonchev–Trinajstić information content (AvgIpc) is 2.40. The molecule has 0 aliphatic rings. The predicted octanol–water partition coefficient (Wildman–Crippen LogP) is 3.67. The number of aliphatic hydroxyl groups is 1. The number of hydrogen-bond donors (Lipinski definition) is 3. The van der Waals surface area contributed by atoms with E-state index < -0.39 is 17.3 Å². The number of nitrogens with one attached hydrogen (secondary N) is 2. The zero-order valence-corrected chi connectivity index (χ0v) is 12.8. The summed E-state index contributed by atoms with van der Waals surface area (Å²) in [4.78, 5) is 12.3. The molecule has 0 heterocycles. The fourth-order valence-electron chi connectivity index (χ4n) is 1.93. The molecular formula is C14H20F2N2O2S. The van der Waals surface area contributed by atoms with E-state index in [-0.39, 0.29) is 6.61 Å². The van der Waals surface area contributed by atoms with E-state index in [2.05, 4.69) is 10.6 Å². The molecule has 0 fully saturated rings. The van der Waals surface area contributed by atoms with E-state index in [0.717, 1.165) is 6.42 Å². The van der Waals surface area contributed by atoms with Gasteiger partial charge in [-0.3, -0.25) is 0 Å². The largest absolute Gasteiger partial charge is 0.394 e. The van der Waals surface area contributed by atoms with Gasteiger partial charge in [-0.25, -0.2) is 4.79 Å². The first-order valence-electron chi connectivity index (χ1n) is 6.64. The molecule has 1 atom stereocenters. The molecule has 0 aromatic heterocycles. The molecule has 0 saturated carbocycles. The molecule has 7 heteroatoms. The van der Waals surface area contributed by atoms with Gasteiger partial charge in [-0.1, -0.05) is 37.2 Å². The number of thioether (sulfide) groups is 1. The Morgan fingerprint density at radius 2 is 2.10 bits per heavy atom. The summed E-state index contributed by atoms with van der Waals surface area (Å²) in [6.45, 7) is 3.49. The van der Waals surface area contributed by atoms with Crippen LogP contribution in [0, 0.1) is 0 Å². The van der Waals surface area contributed by atoms with Crippen molar-refractivity contribution in [1.82, 2.24) is 5.32 Å². The van der Waals surface area contributed by atoms with Crippen LogP contribution in [0.3, 0.4) is 0 Å². The molecule has 118 valence electrons. The van der Waals surface area contributed by atoms with Crippen LogP contribution in [0.15, 0.2) is 29.2 Å². The summed E-state index contributed by atoms with van der Waals surface area (Å²) in [6, 6.07) is 5.83. The molecule has 1 aromatic rings. The highest BCUT2D eigenvalue weighted by Crippen LogP contribution is 2.31. The Kier molecular flexibility index (Phi) is 6.91. The molecule has 4 nitrogen and oxygen atoms in total. The summed E-state index contributed by atoms with van der Waals surface area (Å²) in [5, 5.41) is 14.6. The van der Waals surface area contributed by atoms with E-state index in [1.54, 1.807) is 25.1 Å². The van der Waals surface area contributed by atoms with Crippen LogP contribution < -0.4 is 10.6 Å². The standard InChI is InChI=1S/C14H20F2N2O2S/c1-3-8-14(2,9-19)18-13(20)17-10-6-4-5-7-11(10)21-12(15)16/h4-7,12,19H,3,8-9H2,1-2H3,(H2,17,18,20). The predicted molar refractivity (Wildman–Crippen MR) is 80.9 cm³/mol. The van der Waals surface area contributed by atoms with Gasteiger partial charge in [0, 0.05) is 4.90 Å². The number of aliphatic hydroxyl groups excluding tert-OH is 1. The topological polar surface area (TPSA) is 61.4 Å². The first-order valence-corrected chi connectivity index (χ1v) is 7.52. The highest BCUT2D eigenvalue weighted by molar-refractivity contribution is 7.99. The maximum Gasteiger partial charge on any atom is 0.319 e. The van der Waals surface area contributed by atoms with Gasteiger partial charge in [-0.15, -0.1) is 0 Å². The van der Waals surface area contributed by atoms with Gasteiger partial charge in [0.15, 0.2) is 0 Å². The highest BCUT2D eigenvalue weighted by atomic mass is 32.2. The Bertz CT molecular complexity index is 474. The Hall–Kier alpha value is -1.34. The molecule has 0 radical (unpaired) electrons. The minimum absolute atomic E-state index is 0.193. The number of amides is 2. The molecule has 1 aromatic carbocycles. The van der Waals surface area contributed by atoms with Crippen molar-refractivity contribution in [3.8, 4) is 0 Å². The maximum absolute atomic E-state index is 12.5. The monoisotopic (exact) mass is 318 g/mol. The van der Waals surface area contributed by atoms with Crippen molar-refractivity contribution in [2.75, 3.05) is 11.9 Å². The van der Waals surface area contributed by atoms with Crippen molar-refractivity contribution < 1.29 is 18.7 Å². The van der Waals surface area contributed by atoms with Crippen molar-refractivity contribution in [3.63, 3.8) is 0 Å². The van der Waals surface area contributed by atoms with E-state index in [1.165, 1.54) is 6.07 Å². The zero-order chi connectivity index (χ0) is 15.9. The highest BCUT2D eigenvalue weighted by Gasteiger charge is 2.24. The van der Waals surface area contributed by atoms with Crippen LogP contribution in [0.25, 0.3) is 0 Å². The molecule has 0 spiro atoms. The second-order valence-corrected chi connectivity index (χ2v) is 5.95. The molecule has 2 amide bonds. The third kappa shape index (κ3) is 5.89. The number of rotatable bonds is 7. The van der Waals surface area contributed by atoms with Crippen molar-refractivity contribution in [3.05, 3.63) is 24.3 Å². The molecule has 21 heavy (non-hydrogen) atoms. The van der Waals surface area contributed by atoms with Gasteiger partial charge >= 0.3 is 6.03 Å². The quantitative estimate of drug-likeness (QED) is 0.672. The fraction of sp³-hybridized carbons (Fsp3) is 0.500. The second-order valence-electron chi connectivity index (χ2n) is 4.92. The molecule has 0 bridgehead atoms. The van der Waals surface area contributed by atoms with Gasteiger partial charge in [0.05, 0.1) is 17.8 Å². The van der Waals surface area contributed by atoms with Crippen LogP contribution in [0.5, 0.6) is 0 Å². The average molecular weight is 318 g/mol. The van der Waals surface area contributed by atoms with Crippen LogP contribution in [-0.4, -0.2) is 29.0 Å². The molecule has 0 aliphatic carbocycles. The third-order valence-electron chi connectivity index (χ3n) is 2.92. The lowest BCUT2D eigenvalue weighted by Crippen LogP contribution is -2.50. The lowest BCUT2D eigenvalue weighted by molar-refractivity contribution is 0.167. The summed E-state index contributed by atoms with van der Waals surface area (Å²) in [5.41, 5.74) is -0.416. The molecule has 0 aliphatic heterocycles. The zero-order valence-electron chi connectivity index (χ0n) is 12.0. The maximum atomic E-state index is 12.5. The minimum Gasteiger partial charge on any atom is -0.394 e. The molecule has 1 unspecified atom stereocenters. The van der Waals surface area contributed by atoms with E-state index in [9.17, 15) is 18.7 Å². The van der Waals surface area contributed by atoms with Crippen molar-refractivity contribution in [1.29, 1.82) is 0 Å². The van der Waals surface area contributed by atoms with E-state index >= 15 is 0 Å². The number of benzene rings is 1. The number of halogens is 2. The number of urea groups is 1. The van der Waals surface area contributed by atoms with Gasteiger partial charge in [-0.2, -0.15) is 8.78 Å². The van der Waals surface area contributed by atoms with E-state index in [4.69, 9.17) is 0 Å². The van der Waals surface area contributed by atoms with Gasteiger partial charge in [0.2, 0.25) is 0 Å². The van der Waals surface area contributed by atoms with Crippen LogP contribution in [-0.2, 0) is 0 Å². The molecular weight excluding hydrogens is 298 g/mol. The smallest absolute Gasteiger partial charge is 0.319 e. The number of hydrogen-bond acceptors (Lipinski definition) is 3. The lowest BCUT2D eigenvalue weighted by Gasteiger charge is -2.28. The van der Waals surface area contributed by atoms with Crippen molar-refractivity contribution in [2.24, 2.45) is 0 Å². The fourth-order valence-corrected chi connectivity index (χ4v) is 2.52. The SMILES string of the molecule is CCCC(C)(CO)NC(=O)Nc1ccccc1SC(F)F. The number of carbonyl (C=O) groups excluding carboxylic acids is 1. The van der Waals surface area contributed by atoms with Gasteiger partial charge in [0.25, 0.3) is 5.76 Å². The second kappa shape index (κ2) is 8.19. The summed E-state index contributed by atoms with van der Waals surface area (Å²) in [5.74, 6) is -2.56. The molecule has 3 N–H and O–H groups in total. The first kappa shape index (κ1) is 17.7. The molecule has 0 saturated heterocycles. The van der Waals surface area contributed by atoms with Gasteiger partial charge < -0.3 is 15.7 Å².